The molecule has 2 saturated heterocycles. The van der Waals surface area contributed by atoms with Gasteiger partial charge in [-0.25, -0.2) is 4.79 Å². The summed E-state index contributed by atoms with van der Waals surface area (Å²) in [6.07, 6.45) is -0.166. The molecule has 18 heavy (non-hydrogen) atoms. The minimum atomic E-state index is -1.38. The first-order valence-electron chi connectivity index (χ1n) is 5.50. The third-order valence-electron chi connectivity index (χ3n) is 3.33. The lowest BCUT2D eigenvalue weighted by molar-refractivity contribution is -0.186. The molecule has 0 aromatic carbocycles. The van der Waals surface area contributed by atoms with Gasteiger partial charge in [0.1, 0.15) is 18.3 Å². The van der Waals surface area contributed by atoms with Gasteiger partial charge in [-0.05, 0) is 0 Å². The standard InChI is InChI=1S/C10H12N2O6/c13-3-5-7-8(17-7)10(4-14,18-5)12-2-1-6(15)11-9(12)16/h1-2,5,7-8,13-14H,3-4H2,(H,11,15,16)/t5-,7+,8+,10-/m1/s1. The van der Waals surface area contributed by atoms with Crippen LogP contribution in [0.2, 0.25) is 0 Å². The van der Waals surface area contributed by atoms with E-state index in [1.807, 2.05) is 0 Å². The predicted molar refractivity (Wildman–Crippen MR) is 57.0 cm³/mol. The molecule has 0 aliphatic carbocycles. The largest absolute Gasteiger partial charge is 0.394 e. The molecule has 98 valence electrons. The molecule has 0 saturated carbocycles. The lowest BCUT2D eigenvalue weighted by atomic mass is 10.1. The Hall–Kier alpha value is -1.48. The van der Waals surface area contributed by atoms with E-state index in [2.05, 4.69) is 4.98 Å². The van der Waals surface area contributed by atoms with E-state index < -0.39 is 35.8 Å². The summed E-state index contributed by atoms with van der Waals surface area (Å²) in [6.45, 7) is -0.752. The van der Waals surface area contributed by atoms with Gasteiger partial charge in [0, 0.05) is 12.3 Å². The highest BCUT2D eigenvalue weighted by atomic mass is 16.7. The van der Waals surface area contributed by atoms with Crippen LogP contribution in [-0.2, 0) is 15.2 Å². The Balaban J connectivity index is 2.08. The van der Waals surface area contributed by atoms with E-state index in [0.29, 0.717) is 0 Å². The second kappa shape index (κ2) is 3.75. The number of aromatic nitrogens is 2. The first kappa shape index (κ1) is 11.6. The number of nitrogens with one attached hydrogen (secondary N) is 1. The van der Waals surface area contributed by atoms with Gasteiger partial charge in [0.15, 0.2) is 0 Å². The number of hydrogen-bond donors (Lipinski definition) is 3. The number of rotatable bonds is 3. The number of hydrogen-bond acceptors (Lipinski definition) is 6. The van der Waals surface area contributed by atoms with Gasteiger partial charge in [-0.15, -0.1) is 0 Å². The molecule has 1 aromatic rings. The van der Waals surface area contributed by atoms with E-state index in [-0.39, 0.29) is 12.7 Å². The SMILES string of the molecule is O=c1ccn([C@]2(CO)O[C@H](CO)[C@@H]3O[C@@H]32)c(=O)[nH]1. The van der Waals surface area contributed by atoms with Crippen molar-refractivity contribution in [2.45, 2.75) is 24.0 Å². The van der Waals surface area contributed by atoms with Gasteiger partial charge in [0.25, 0.3) is 5.56 Å². The molecule has 0 radical (unpaired) electrons. The normalized spacial score (nSPS) is 37.6. The summed E-state index contributed by atoms with van der Waals surface area (Å²) < 4.78 is 11.9. The Kier molecular flexibility index (Phi) is 2.42. The van der Waals surface area contributed by atoms with Crippen molar-refractivity contribution in [2.75, 3.05) is 13.2 Å². The van der Waals surface area contributed by atoms with Gasteiger partial charge < -0.3 is 19.7 Å². The van der Waals surface area contributed by atoms with Crippen molar-refractivity contribution in [3.63, 3.8) is 0 Å². The molecule has 3 N–H and O–H groups in total. The summed E-state index contributed by atoms with van der Waals surface area (Å²) >= 11 is 0. The molecule has 0 spiro atoms. The number of nitrogens with zero attached hydrogens (tertiary/aromatic N) is 1. The van der Waals surface area contributed by atoms with Crippen LogP contribution < -0.4 is 11.2 Å². The van der Waals surface area contributed by atoms with Crippen LogP contribution >= 0.6 is 0 Å². The lowest BCUT2D eigenvalue weighted by Crippen LogP contribution is -2.50. The van der Waals surface area contributed by atoms with Crippen LogP contribution in [0.3, 0.4) is 0 Å². The summed E-state index contributed by atoms with van der Waals surface area (Å²) in [5, 5.41) is 18.7. The summed E-state index contributed by atoms with van der Waals surface area (Å²) in [4.78, 5) is 24.9. The Morgan fingerprint density at radius 2 is 2.22 bits per heavy atom. The molecule has 3 rings (SSSR count). The van der Waals surface area contributed by atoms with Crippen LogP contribution in [0, 0.1) is 0 Å². The first-order valence-corrected chi connectivity index (χ1v) is 5.50. The van der Waals surface area contributed by atoms with E-state index in [4.69, 9.17) is 14.6 Å². The van der Waals surface area contributed by atoms with Crippen LogP contribution in [0.15, 0.2) is 21.9 Å². The van der Waals surface area contributed by atoms with Gasteiger partial charge >= 0.3 is 5.69 Å². The Morgan fingerprint density at radius 1 is 1.44 bits per heavy atom. The third-order valence-corrected chi connectivity index (χ3v) is 3.33. The molecule has 2 fully saturated rings. The maximum Gasteiger partial charge on any atom is 0.330 e. The highest BCUT2D eigenvalue weighted by Gasteiger charge is 2.67. The monoisotopic (exact) mass is 256 g/mol. The zero-order chi connectivity index (χ0) is 12.9. The number of aliphatic hydroxyl groups excluding tert-OH is 2. The smallest absolute Gasteiger partial charge is 0.330 e. The number of ether oxygens (including phenoxy) is 2. The first-order chi connectivity index (χ1) is 8.62. The molecular weight excluding hydrogens is 244 g/mol. The zero-order valence-corrected chi connectivity index (χ0v) is 9.28. The molecule has 2 aliphatic rings. The average Bonchev–Trinajstić information content (AvgIpc) is 3.08. The van der Waals surface area contributed by atoms with E-state index in [0.717, 1.165) is 10.6 Å². The van der Waals surface area contributed by atoms with Crippen LogP contribution in [0.1, 0.15) is 0 Å². The fourth-order valence-electron chi connectivity index (χ4n) is 2.42. The third kappa shape index (κ3) is 1.40. The van der Waals surface area contributed by atoms with Crippen molar-refractivity contribution in [1.82, 2.24) is 9.55 Å². The summed E-state index contributed by atoms with van der Waals surface area (Å²) in [7, 11) is 0. The molecule has 4 atom stereocenters. The van der Waals surface area contributed by atoms with E-state index in [9.17, 15) is 14.7 Å². The van der Waals surface area contributed by atoms with Crippen molar-refractivity contribution in [2.24, 2.45) is 0 Å². The number of epoxide rings is 1. The van der Waals surface area contributed by atoms with Gasteiger partial charge in [-0.3, -0.25) is 14.3 Å². The number of fused-ring (bicyclic) bond motifs is 1. The molecule has 2 aliphatic heterocycles. The average molecular weight is 256 g/mol. The maximum atomic E-state index is 11.7. The summed E-state index contributed by atoms with van der Waals surface area (Å²) in [6, 6.07) is 1.16. The number of aliphatic hydroxyl groups is 2. The molecule has 0 amide bonds. The van der Waals surface area contributed by atoms with E-state index >= 15 is 0 Å². The van der Waals surface area contributed by atoms with Gasteiger partial charge in [-0.2, -0.15) is 0 Å². The quantitative estimate of drug-likeness (QED) is 0.508. The topological polar surface area (TPSA) is 117 Å². The Labute approximate surface area is 100 Å². The molecule has 0 unspecified atom stereocenters. The van der Waals surface area contributed by atoms with Crippen molar-refractivity contribution < 1.29 is 19.7 Å². The van der Waals surface area contributed by atoms with Gasteiger partial charge in [0.2, 0.25) is 5.72 Å². The molecule has 8 heteroatoms. The molecule has 3 heterocycles. The van der Waals surface area contributed by atoms with E-state index in [1.54, 1.807) is 0 Å². The maximum absolute atomic E-state index is 11.7. The van der Waals surface area contributed by atoms with Crippen LogP contribution in [0.5, 0.6) is 0 Å². The number of aromatic amines is 1. The second-order valence-corrected chi connectivity index (χ2v) is 4.34. The highest BCUT2D eigenvalue weighted by Crippen LogP contribution is 2.48. The minimum absolute atomic E-state index is 0.263. The van der Waals surface area contributed by atoms with E-state index in [1.165, 1.54) is 6.20 Å². The second-order valence-electron chi connectivity index (χ2n) is 4.34. The predicted octanol–water partition coefficient (Wildman–Crippen LogP) is -2.66. The van der Waals surface area contributed by atoms with Crippen molar-refractivity contribution in [1.29, 1.82) is 0 Å². The Morgan fingerprint density at radius 3 is 2.78 bits per heavy atom. The van der Waals surface area contributed by atoms with Crippen molar-refractivity contribution in [3.8, 4) is 0 Å². The minimum Gasteiger partial charge on any atom is -0.394 e. The van der Waals surface area contributed by atoms with Gasteiger partial charge in [-0.1, -0.05) is 0 Å². The van der Waals surface area contributed by atoms with Crippen molar-refractivity contribution in [3.05, 3.63) is 33.1 Å². The number of H-pyrrole nitrogens is 1. The molecular formula is C10H12N2O6. The summed E-state index contributed by atoms with van der Waals surface area (Å²) in [5.41, 5.74) is -2.60. The van der Waals surface area contributed by atoms with Crippen LogP contribution in [-0.4, -0.2) is 51.3 Å². The summed E-state index contributed by atoms with van der Waals surface area (Å²) in [5.74, 6) is 0. The van der Waals surface area contributed by atoms with Crippen molar-refractivity contribution >= 4 is 0 Å². The fourth-order valence-corrected chi connectivity index (χ4v) is 2.42. The molecule has 0 bridgehead atoms. The lowest BCUT2D eigenvalue weighted by Gasteiger charge is -2.30. The molecule has 1 aromatic heterocycles. The van der Waals surface area contributed by atoms with Gasteiger partial charge in [0.05, 0.1) is 13.2 Å². The molecule has 8 nitrogen and oxygen atoms in total. The highest BCUT2D eigenvalue weighted by molar-refractivity contribution is 5.10. The zero-order valence-electron chi connectivity index (χ0n) is 9.28. The van der Waals surface area contributed by atoms with Crippen LogP contribution in [0.25, 0.3) is 0 Å². The Bertz CT molecular complexity index is 580. The van der Waals surface area contributed by atoms with Crippen LogP contribution in [0.4, 0.5) is 0 Å². The fraction of sp³-hybridized carbons (Fsp3) is 0.600.